The summed E-state index contributed by atoms with van der Waals surface area (Å²) in [6.45, 7) is 5.90. The summed E-state index contributed by atoms with van der Waals surface area (Å²) in [5.74, 6) is -0.308. The van der Waals surface area contributed by atoms with Crippen molar-refractivity contribution in [2.45, 2.75) is 39.7 Å². The van der Waals surface area contributed by atoms with Crippen LogP contribution in [0.2, 0.25) is 0 Å². The van der Waals surface area contributed by atoms with Gasteiger partial charge in [0.15, 0.2) is 0 Å². The molecule has 0 bridgehead atoms. The Morgan fingerprint density at radius 3 is 2.89 bits per heavy atom. The highest BCUT2D eigenvalue weighted by Gasteiger charge is 2.14. The van der Waals surface area contributed by atoms with Gasteiger partial charge < -0.3 is 10.3 Å². The van der Waals surface area contributed by atoms with Gasteiger partial charge in [-0.1, -0.05) is 6.92 Å². The zero-order chi connectivity index (χ0) is 14.0. The molecule has 0 radical (unpaired) electrons. The van der Waals surface area contributed by atoms with Gasteiger partial charge in [-0.3, -0.25) is 4.79 Å². The van der Waals surface area contributed by atoms with E-state index >= 15 is 0 Å². The maximum absolute atomic E-state index is 13.3. The molecule has 1 heterocycles. The average molecular weight is 262 g/mol. The van der Waals surface area contributed by atoms with Crippen molar-refractivity contribution >= 4 is 16.8 Å². The quantitative estimate of drug-likeness (QED) is 0.874. The first-order valence-corrected chi connectivity index (χ1v) is 6.57. The van der Waals surface area contributed by atoms with E-state index in [0.717, 1.165) is 28.6 Å². The third-order valence-corrected chi connectivity index (χ3v) is 3.44. The fourth-order valence-corrected chi connectivity index (χ4v) is 2.17. The number of carbonyl (C=O) groups excluding carboxylic acids is 1. The van der Waals surface area contributed by atoms with Gasteiger partial charge in [0.25, 0.3) is 0 Å². The number of amides is 1. The summed E-state index contributed by atoms with van der Waals surface area (Å²) in [6.07, 6.45) is 1.17. The highest BCUT2D eigenvalue weighted by molar-refractivity contribution is 5.90. The van der Waals surface area contributed by atoms with E-state index < -0.39 is 0 Å². The second kappa shape index (κ2) is 5.43. The molecule has 2 N–H and O–H groups in total. The molecule has 2 rings (SSSR count). The molecule has 1 aromatic carbocycles. The molecule has 1 unspecified atom stereocenters. The SMILES string of the molecule is CCC(C)NC(=O)Cc1c(C)[nH]c2ccc(F)cc12. The van der Waals surface area contributed by atoms with E-state index in [-0.39, 0.29) is 24.2 Å². The number of benzene rings is 1. The van der Waals surface area contributed by atoms with E-state index in [0.29, 0.717) is 0 Å². The third kappa shape index (κ3) is 2.95. The molecule has 0 spiro atoms. The highest BCUT2D eigenvalue weighted by atomic mass is 19.1. The highest BCUT2D eigenvalue weighted by Crippen LogP contribution is 2.23. The molecular weight excluding hydrogens is 243 g/mol. The molecule has 1 amide bonds. The van der Waals surface area contributed by atoms with Crippen LogP contribution in [0.25, 0.3) is 10.9 Å². The summed E-state index contributed by atoms with van der Waals surface area (Å²) in [6, 6.07) is 4.76. The summed E-state index contributed by atoms with van der Waals surface area (Å²) in [5, 5.41) is 3.72. The van der Waals surface area contributed by atoms with Crippen LogP contribution in [0.5, 0.6) is 0 Å². The Labute approximate surface area is 112 Å². The standard InChI is InChI=1S/C15H19FN2O/c1-4-9(2)17-15(19)8-12-10(3)18-14-6-5-11(16)7-13(12)14/h5-7,9,18H,4,8H2,1-3H3,(H,17,19). The van der Waals surface area contributed by atoms with Gasteiger partial charge in [0.2, 0.25) is 5.91 Å². The van der Waals surface area contributed by atoms with E-state index in [4.69, 9.17) is 0 Å². The van der Waals surface area contributed by atoms with Crippen LogP contribution in [0.4, 0.5) is 4.39 Å². The summed E-state index contributed by atoms with van der Waals surface area (Å²) in [7, 11) is 0. The van der Waals surface area contributed by atoms with Crippen LogP contribution in [-0.4, -0.2) is 16.9 Å². The van der Waals surface area contributed by atoms with Crippen LogP contribution in [0.1, 0.15) is 31.5 Å². The minimum Gasteiger partial charge on any atom is -0.358 e. The maximum Gasteiger partial charge on any atom is 0.224 e. The molecule has 3 nitrogen and oxygen atoms in total. The Kier molecular flexibility index (Phi) is 3.88. The van der Waals surface area contributed by atoms with E-state index in [1.807, 2.05) is 20.8 Å². The Bertz CT molecular complexity index is 603. The zero-order valence-electron chi connectivity index (χ0n) is 11.5. The van der Waals surface area contributed by atoms with Gasteiger partial charge in [0, 0.05) is 22.6 Å². The van der Waals surface area contributed by atoms with Crippen molar-refractivity contribution in [2.24, 2.45) is 0 Å². The van der Waals surface area contributed by atoms with Gasteiger partial charge in [0.1, 0.15) is 5.82 Å². The maximum atomic E-state index is 13.3. The number of fused-ring (bicyclic) bond motifs is 1. The summed E-state index contributed by atoms with van der Waals surface area (Å²) in [5.41, 5.74) is 2.65. The fraction of sp³-hybridized carbons (Fsp3) is 0.400. The van der Waals surface area contributed by atoms with Crippen molar-refractivity contribution in [2.75, 3.05) is 0 Å². The first-order chi connectivity index (χ1) is 9.01. The third-order valence-electron chi connectivity index (χ3n) is 3.44. The number of aromatic nitrogens is 1. The van der Waals surface area contributed by atoms with Crippen LogP contribution >= 0.6 is 0 Å². The van der Waals surface area contributed by atoms with Gasteiger partial charge in [-0.2, -0.15) is 0 Å². The zero-order valence-corrected chi connectivity index (χ0v) is 11.5. The predicted molar refractivity (Wildman–Crippen MR) is 74.6 cm³/mol. The van der Waals surface area contributed by atoms with Gasteiger partial charge in [-0.15, -0.1) is 0 Å². The van der Waals surface area contributed by atoms with Crippen LogP contribution in [0.15, 0.2) is 18.2 Å². The molecule has 1 aromatic heterocycles. The van der Waals surface area contributed by atoms with Crippen LogP contribution in [0.3, 0.4) is 0 Å². The number of rotatable bonds is 4. The van der Waals surface area contributed by atoms with E-state index in [2.05, 4.69) is 10.3 Å². The first kappa shape index (κ1) is 13.6. The summed E-state index contributed by atoms with van der Waals surface area (Å²) in [4.78, 5) is 15.1. The number of aromatic amines is 1. The van der Waals surface area contributed by atoms with Crippen molar-refractivity contribution < 1.29 is 9.18 Å². The fourth-order valence-electron chi connectivity index (χ4n) is 2.17. The molecule has 0 aliphatic carbocycles. The lowest BCUT2D eigenvalue weighted by Gasteiger charge is -2.11. The minimum atomic E-state index is -0.282. The molecule has 0 saturated heterocycles. The van der Waals surface area contributed by atoms with Crippen molar-refractivity contribution in [1.29, 1.82) is 0 Å². The summed E-state index contributed by atoms with van der Waals surface area (Å²) < 4.78 is 13.3. The number of hydrogen-bond donors (Lipinski definition) is 2. The Hall–Kier alpha value is -1.84. The Morgan fingerprint density at radius 2 is 2.21 bits per heavy atom. The van der Waals surface area contributed by atoms with Crippen molar-refractivity contribution in [3.05, 3.63) is 35.3 Å². The van der Waals surface area contributed by atoms with Crippen molar-refractivity contribution in [3.8, 4) is 0 Å². The van der Waals surface area contributed by atoms with Crippen LogP contribution in [0, 0.1) is 12.7 Å². The molecule has 2 aromatic rings. The average Bonchev–Trinajstić information content (AvgIpc) is 2.66. The Morgan fingerprint density at radius 1 is 1.47 bits per heavy atom. The lowest BCUT2D eigenvalue weighted by atomic mass is 10.1. The molecule has 4 heteroatoms. The number of hydrogen-bond acceptors (Lipinski definition) is 1. The molecule has 0 saturated carbocycles. The van der Waals surface area contributed by atoms with Gasteiger partial charge in [0.05, 0.1) is 6.42 Å². The molecule has 0 aliphatic heterocycles. The normalized spacial score (nSPS) is 12.6. The second-order valence-corrected chi connectivity index (χ2v) is 4.97. The minimum absolute atomic E-state index is 0.0254. The lowest BCUT2D eigenvalue weighted by Crippen LogP contribution is -2.33. The van der Waals surface area contributed by atoms with E-state index in [1.165, 1.54) is 12.1 Å². The monoisotopic (exact) mass is 262 g/mol. The number of carbonyl (C=O) groups is 1. The molecular formula is C15H19FN2O. The van der Waals surface area contributed by atoms with Gasteiger partial charge >= 0.3 is 0 Å². The smallest absolute Gasteiger partial charge is 0.224 e. The topological polar surface area (TPSA) is 44.9 Å². The first-order valence-electron chi connectivity index (χ1n) is 6.57. The Balaban J connectivity index is 2.27. The van der Waals surface area contributed by atoms with Crippen molar-refractivity contribution in [3.63, 3.8) is 0 Å². The number of H-pyrrole nitrogens is 1. The van der Waals surface area contributed by atoms with E-state index in [1.54, 1.807) is 6.07 Å². The molecule has 1 atom stereocenters. The molecule has 0 aliphatic rings. The van der Waals surface area contributed by atoms with Gasteiger partial charge in [-0.25, -0.2) is 4.39 Å². The number of aryl methyl sites for hydroxylation is 1. The van der Waals surface area contributed by atoms with Gasteiger partial charge in [-0.05, 0) is 44.0 Å². The lowest BCUT2D eigenvalue weighted by molar-refractivity contribution is -0.121. The predicted octanol–water partition coefficient (Wildman–Crippen LogP) is 3.07. The molecule has 0 fully saturated rings. The summed E-state index contributed by atoms with van der Waals surface area (Å²) >= 11 is 0. The number of halogens is 1. The largest absolute Gasteiger partial charge is 0.358 e. The van der Waals surface area contributed by atoms with Crippen LogP contribution in [-0.2, 0) is 11.2 Å². The van der Waals surface area contributed by atoms with Crippen LogP contribution < -0.4 is 5.32 Å². The van der Waals surface area contributed by atoms with E-state index in [9.17, 15) is 9.18 Å². The van der Waals surface area contributed by atoms with Crippen molar-refractivity contribution in [1.82, 2.24) is 10.3 Å². The second-order valence-electron chi connectivity index (χ2n) is 4.97. The molecule has 19 heavy (non-hydrogen) atoms. The molecule has 102 valence electrons. The number of nitrogens with one attached hydrogen (secondary N) is 2.